The Kier molecular flexibility index (Phi) is 6.55. The predicted octanol–water partition coefficient (Wildman–Crippen LogP) is 5.16. The highest BCUT2D eigenvalue weighted by atomic mass is 32.1. The topological polar surface area (TPSA) is 86.8 Å². The van der Waals surface area contributed by atoms with E-state index in [4.69, 9.17) is 14.2 Å². The lowest BCUT2D eigenvalue weighted by Gasteiger charge is -2.16. The van der Waals surface area contributed by atoms with Crippen LogP contribution in [0.15, 0.2) is 66.7 Å². The second-order valence-corrected chi connectivity index (χ2v) is 8.17. The van der Waals surface area contributed by atoms with Gasteiger partial charge in [0.05, 0.1) is 35.7 Å². The zero-order valence-electron chi connectivity index (χ0n) is 18.3. The lowest BCUT2D eigenvalue weighted by molar-refractivity contribution is -0.123. The molecule has 0 saturated heterocycles. The van der Waals surface area contributed by atoms with E-state index in [0.29, 0.717) is 33.3 Å². The van der Waals surface area contributed by atoms with Crippen molar-refractivity contribution in [2.24, 2.45) is 0 Å². The van der Waals surface area contributed by atoms with Crippen molar-refractivity contribution in [3.8, 4) is 22.1 Å². The highest BCUT2D eigenvalue weighted by molar-refractivity contribution is 7.21. The number of anilines is 1. The van der Waals surface area contributed by atoms with Gasteiger partial charge in [-0.2, -0.15) is 0 Å². The third-order valence-corrected chi connectivity index (χ3v) is 6.06. The van der Waals surface area contributed by atoms with Crippen molar-refractivity contribution >= 4 is 39.1 Å². The van der Waals surface area contributed by atoms with Crippen LogP contribution in [0.3, 0.4) is 0 Å². The molecule has 3 aromatic carbocycles. The number of benzene rings is 3. The number of nitrogens with one attached hydrogen (secondary N) is 1. The number of aromatic nitrogens is 1. The number of para-hydroxylation sites is 1. The predicted molar refractivity (Wildman–Crippen MR) is 128 cm³/mol. The maximum atomic E-state index is 13.0. The molecule has 1 atom stereocenters. The molecule has 1 amide bonds. The van der Waals surface area contributed by atoms with E-state index in [1.165, 1.54) is 32.5 Å². The zero-order valence-corrected chi connectivity index (χ0v) is 19.1. The van der Waals surface area contributed by atoms with Crippen molar-refractivity contribution in [3.05, 3.63) is 72.3 Å². The average Bonchev–Trinajstić information content (AvgIpc) is 3.28. The van der Waals surface area contributed by atoms with Crippen LogP contribution in [0, 0.1) is 0 Å². The van der Waals surface area contributed by atoms with Crippen LogP contribution in [0.25, 0.3) is 20.8 Å². The summed E-state index contributed by atoms with van der Waals surface area (Å²) in [7, 11) is 3.03. The van der Waals surface area contributed by atoms with Gasteiger partial charge in [-0.3, -0.25) is 4.79 Å². The summed E-state index contributed by atoms with van der Waals surface area (Å²) >= 11 is 1.49. The van der Waals surface area contributed by atoms with Gasteiger partial charge in [0.25, 0.3) is 5.91 Å². The van der Waals surface area contributed by atoms with Crippen LogP contribution in [0.2, 0.25) is 0 Å². The molecular weight excluding hydrogens is 440 g/mol. The summed E-state index contributed by atoms with van der Waals surface area (Å²) in [4.78, 5) is 30.3. The molecule has 0 aliphatic rings. The normalized spacial score (nSPS) is 11.6. The number of methoxy groups -OCH3 is 2. The van der Waals surface area contributed by atoms with Crippen molar-refractivity contribution < 1.29 is 23.8 Å². The third kappa shape index (κ3) is 4.80. The lowest BCUT2D eigenvalue weighted by atomic mass is 10.1. The van der Waals surface area contributed by atoms with Crippen LogP contribution in [0.1, 0.15) is 17.3 Å². The van der Waals surface area contributed by atoms with Crippen LogP contribution in [-0.2, 0) is 9.53 Å². The molecule has 1 N–H and O–H groups in total. The molecule has 0 aliphatic heterocycles. The van der Waals surface area contributed by atoms with Crippen LogP contribution < -0.4 is 14.8 Å². The Morgan fingerprint density at radius 1 is 0.970 bits per heavy atom. The minimum atomic E-state index is -1.04. The number of amides is 1. The third-order valence-electron chi connectivity index (χ3n) is 4.99. The highest BCUT2D eigenvalue weighted by Crippen LogP contribution is 2.33. The highest BCUT2D eigenvalue weighted by Gasteiger charge is 2.23. The number of hydrogen-bond acceptors (Lipinski definition) is 7. The molecule has 7 nitrogen and oxygen atoms in total. The maximum absolute atomic E-state index is 13.0. The molecule has 0 aliphatic carbocycles. The van der Waals surface area contributed by atoms with E-state index in [-0.39, 0.29) is 0 Å². The fourth-order valence-electron chi connectivity index (χ4n) is 3.26. The molecule has 1 unspecified atom stereocenters. The first-order valence-corrected chi connectivity index (χ1v) is 11.0. The summed E-state index contributed by atoms with van der Waals surface area (Å²) in [6.45, 7) is 1.51. The molecule has 0 bridgehead atoms. The summed E-state index contributed by atoms with van der Waals surface area (Å²) in [5.74, 6) is -0.0816. The van der Waals surface area contributed by atoms with Gasteiger partial charge in [0.2, 0.25) is 0 Å². The molecule has 4 rings (SSSR count). The van der Waals surface area contributed by atoms with E-state index in [1.807, 2.05) is 36.4 Å². The smallest absolute Gasteiger partial charge is 0.339 e. The van der Waals surface area contributed by atoms with E-state index >= 15 is 0 Å². The summed E-state index contributed by atoms with van der Waals surface area (Å²) in [6.07, 6.45) is -1.04. The van der Waals surface area contributed by atoms with Gasteiger partial charge in [0.15, 0.2) is 6.10 Å². The van der Waals surface area contributed by atoms with Crippen molar-refractivity contribution in [2.75, 3.05) is 19.5 Å². The lowest BCUT2D eigenvalue weighted by Crippen LogP contribution is -2.30. The minimum absolute atomic E-state index is 0.343. The molecular formula is C25H22N2O5S. The molecule has 33 heavy (non-hydrogen) atoms. The number of carbonyl (C=O) groups excluding carboxylic acids is 2. The maximum Gasteiger partial charge on any atom is 0.339 e. The van der Waals surface area contributed by atoms with Crippen LogP contribution in [-0.4, -0.2) is 37.2 Å². The quantitative estimate of drug-likeness (QED) is 0.382. The fourth-order valence-corrected chi connectivity index (χ4v) is 4.26. The number of esters is 1. The number of hydrogen-bond donors (Lipinski definition) is 1. The van der Waals surface area contributed by atoms with Gasteiger partial charge < -0.3 is 19.5 Å². The molecule has 0 fully saturated rings. The molecule has 0 radical (unpaired) electrons. The first-order valence-electron chi connectivity index (χ1n) is 10.2. The van der Waals surface area contributed by atoms with Gasteiger partial charge in [-0.15, -0.1) is 11.3 Å². The van der Waals surface area contributed by atoms with E-state index in [9.17, 15) is 9.59 Å². The Hall–Kier alpha value is -3.91. The molecule has 0 spiro atoms. The largest absolute Gasteiger partial charge is 0.497 e. The van der Waals surface area contributed by atoms with Crippen molar-refractivity contribution in [1.29, 1.82) is 0 Å². The van der Waals surface area contributed by atoms with Crippen LogP contribution >= 0.6 is 11.3 Å². The van der Waals surface area contributed by atoms with Gasteiger partial charge in [-0.25, -0.2) is 9.78 Å². The van der Waals surface area contributed by atoms with Gasteiger partial charge in [-0.1, -0.05) is 30.3 Å². The Bertz CT molecular complexity index is 1280. The Balaban J connectivity index is 1.52. The van der Waals surface area contributed by atoms with Crippen LogP contribution in [0.4, 0.5) is 5.69 Å². The SMILES string of the molecule is COc1ccc(OC)c(NC(=O)C(C)OC(=O)c2ccccc2-c2nc3ccccc3s2)c1. The molecule has 8 heteroatoms. The first kappa shape index (κ1) is 22.3. The number of carbonyl (C=O) groups is 2. The summed E-state index contributed by atoms with van der Waals surface area (Å²) in [5.41, 5.74) is 2.28. The van der Waals surface area contributed by atoms with Gasteiger partial charge in [0, 0.05) is 11.6 Å². The number of nitrogens with zero attached hydrogens (tertiary/aromatic N) is 1. The van der Waals surface area contributed by atoms with Crippen molar-refractivity contribution in [3.63, 3.8) is 0 Å². The summed E-state index contributed by atoms with van der Waals surface area (Å²) in [5, 5.41) is 3.44. The second kappa shape index (κ2) is 9.70. The van der Waals surface area contributed by atoms with Gasteiger partial charge in [-0.05, 0) is 37.3 Å². The van der Waals surface area contributed by atoms with Gasteiger partial charge in [0.1, 0.15) is 16.5 Å². The Morgan fingerprint density at radius 3 is 2.48 bits per heavy atom. The van der Waals surface area contributed by atoms with Crippen molar-refractivity contribution in [1.82, 2.24) is 4.98 Å². The standard InChI is InChI=1S/C25H22N2O5S/c1-15(23(28)26-20-14-16(30-2)12-13-21(20)31-3)32-25(29)18-9-5-4-8-17(18)24-27-19-10-6-7-11-22(19)33-24/h4-15H,1-3H3,(H,26,28). The Morgan fingerprint density at radius 2 is 1.73 bits per heavy atom. The molecule has 1 aromatic heterocycles. The summed E-state index contributed by atoms with van der Waals surface area (Å²) < 4.78 is 17.0. The molecule has 4 aromatic rings. The summed E-state index contributed by atoms with van der Waals surface area (Å²) in [6, 6.07) is 19.9. The molecule has 1 heterocycles. The van der Waals surface area contributed by atoms with Gasteiger partial charge >= 0.3 is 5.97 Å². The number of ether oxygens (including phenoxy) is 3. The first-order chi connectivity index (χ1) is 16.0. The number of rotatable bonds is 7. The minimum Gasteiger partial charge on any atom is -0.497 e. The van der Waals surface area contributed by atoms with E-state index in [1.54, 1.807) is 30.3 Å². The number of fused-ring (bicyclic) bond motifs is 1. The van der Waals surface area contributed by atoms with E-state index in [0.717, 1.165) is 10.2 Å². The molecule has 168 valence electrons. The monoisotopic (exact) mass is 462 g/mol. The van der Waals surface area contributed by atoms with E-state index in [2.05, 4.69) is 10.3 Å². The molecule has 0 saturated carbocycles. The average molecular weight is 463 g/mol. The van der Waals surface area contributed by atoms with Crippen molar-refractivity contribution in [2.45, 2.75) is 13.0 Å². The number of thiazole rings is 1. The fraction of sp³-hybridized carbons (Fsp3) is 0.160. The van der Waals surface area contributed by atoms with E-state index < -0.39 is 18.0 Å². The zero-order chi connectivity index (χ0) is 23.4. The Labute approximate surface area is 194 Å². The van der Waals surface area contributed by atoms with Crippen LogP contribution in [0.5, 0.6) is 11.5 Å². The second-order valence-electron chi connectivity index (χ2n) is 7.14.